The molecular weight excluding hydrogens is 307 g/mol. The molecule has 0 aromatic heterocycles. The van der Waals surface area contributed by atoms with Gasteiger partial charge in [-0.15, -0.1) is 0 Å². The molecule has 0 unspecified atom stereocenters. The number of benzene rings is 2. The van der Waals surface area contributed by atoms with E-state index in [1.54, 1.807) is 12.1 Å². The summed E-state index contributed by atoms with van der Waals surface area (Å²) in [5, 5.41) is 18.2. The molecule has 2 aromatic carbocycles. The second kappa shape index (κ2) is 6.32. The van der Waals surface area contributed by atoms with Crippen molar-refractivity contribution in [2.24, 2.45) is 0 Å². The van der Waals surface area contributed by atoms with Crippen molar-refractivity contribution < 1.29 is 29.4 Å². The number of ketones is 1. The van der Waals surface area contributed by atoms with E-state index in [1.165, 1.54) is 24.3 Å². The topological polar surface area (TPSA) is 115 Å². The maximum Gasteiger partial charge on any atom is 0.357 e. The summed E-state index contributed by atoms with van der Waals surface area (Å²) in [5.74, 6) is -0.671. The smallest absolute Gasteiger partial charge is 0.357 e. The van der Waals surface area contributed by atoms with Crippen LogP contribution in [0.5, 0.6) is 11.5 Å². The van der Waals surface area contributed by atoms with Crippen molar-refractivity contribution in [2.45, 2.75) is 12.8 Å². The van der Waals surface area contributed by atoms with Crippen molar-refractivity contribution in [1.82, 2.24) is 0 Å². The molecule has 2 aromatic rings. The lowest BCUT2D eigenvalue weighted by molar-refractivity contribution is 0.0983. The second-order valence-corrected chi connectivity index (χ2v) is 6.41. The van der Waals surface area contributed by atoms with E-state index in [4.69, 9.17) is 0 Å². The van der Waals surface area contributed by atoms with Gasteiger partial charge in [0, 0.05) is 12.0 Å². The van der Waals surface area contributed by atoms with E-state index in [0.717, 1.165) is 11.6 Å². The molecule has 7 heteroatoms. The number of rotatable bonds is 5. The predicted molar refractivity (Wildman–Crippen MR) is 80.5 cm³/mol. The first-order valence-electron chi connectivity index (χ1n) is 6.47. The van der Waals surface area contributed by atoms with Gasteiger partial charge in [-0.25, -0.2) is 0 Å². The molecule has 116 valence electrons. The van der Waals surface area contributed by atoms with Crippen LogP contribution in [0.3, 0.4) is 0 Å². The molecule has 0 aliphatic heterocycles. The first kappa shape index (κ1) is 16.2. The lowest BCUT2D eigenvalue weighted by Crippen LogP contribution is -2.16. The highest BCUT2D eigenvalue weighted by molar-refractivity contribution is 7.60. The van der Waals surface area contributed by atoms with E-state index in [1.807, 2.05) is 0 Å². The molecule has 0 bridgehead atoms. The number of aromatic hydroxyl groups is 2. The Morgan fingerprint density at radius 2 is 1.68 bits per heavy atom. The minimum absolute atomic E-state index is 0.0290. The fourth-order valence-electron chi connectivity index (χ4n) is 2.10. The summed E-state index contributed by atoms with van der Waals surface area (Å²) in [7, 11) is -4.66. The van der Waals surface area contributed by atoms with Crippen LogP contribution in [0, 0.1) is 0 Å². The van der Waals surface area contributed by atoms with E-state index < -0.39 is 18.7 Å². The Kier molecular flexibility index (Phi) is 4.66. The van der Waals surface area contributed by atoms with Gasteiger partial charge in [0.2, 0.25) is 0 Å². The zero-order valence-electron chi connectivity index (χ0n) is 11.5. The van der Waals surface area contributed by atoms with Gasteiger partial charge in [-0.1, -0.05) is 12.1 Å². The molecule has 4 N–H and O–H groups in total. The van der Waals surface area contributed by atoms with Crippen molar-refractivity contribution >= 4 is 18.7 Å². The molecular formula is C15H15O6P. The Labute approximate surface area is 126 Å². The fourth-order valence-corrected chi connectivity index (χ4v) is 2.91. The van der Waals surface area contributed by atoms with Crippen LogP contribution in [0.25, 0.3) is 0 Å². The number of phenolic OH excluding ortho intramolecular Hbond substituents is 2. The van der Waals surface area contributed by atoms with Gasteiger partial charge in [-0.2, -0.15) is 0 Å². The number of carbonyl (C=O) groups excluding carboxylic acids is 1. The molecule has 2 rings (SSSR count). The van der Waals surface area contributed by atoms with Crippen molar-refractivity contribution in [3.63, 3.8) is 0 Å². The lowest BCUT2D eigenvalue weighted by atomic mass is 10.0. The minimum Gasteiger partial charge on any atom is -0.508 e. The third kappa shape index (κ3) is 3.95. The summed E-state index contributed by atoms with van der Waals surface area (Å²) >= 11 is 0. The van der Waals surface area contributed by atoms with Gasteiger partial charge in [0.15, 0.2) is 5.78 Å². The number of Topliss-reactive ketones (excluding diaryl/α,β-unsaturated/α-hetero) is 1. The van der Waals surface area contributed by atoms with Crippen LogP contribution < -0.4 is 5.30 Å². The van der Waals surface area contributed by atoms with E-state index in [-0.39, 0.29) is 23.5 Å². The Morgan fingerprint density at radius 1 is 1.00 bits per heavy atom. The predicted octanol–water partition coefficient (Wildman–Crippen LogP) is 1.72. The molecule has 0 heterocycles. The van der Waals surface area contributed by atoms with Gasteiger partial charge >= 0.3 is 7.60 Å². The molecule has 0 atom stereocenters. The van der Waals surface area contributed by atoms with Crippen LogP contribution in [0.2, 0.25) is 0 Å². The Bertz CT molecular complexity index is 749. The molecule has 6 nitrogen and oxygen atoms in total. The van der Waals surface area contributed by atoms with Gasteiger partial charge in [0.1, 0.15) is 11.5 Å². The summed E-state index contributed by atoms with van der Waals surface area (Å²) in [6, 6.07) is 9.74. The second-order valence-electron chi connectivity index (χ2n) is 4.84. The number of hydrogen-bond acceptors (Lipinski definition) is 4. The molecule has 0 fully saturated rings. The van der Waals surface area contributed by atoms with Crippen LogP contribution in [-0.4, -0.2) is 25.8 Å². The quantitative estimate of drug-likeness (QED) is 0.492. The van der Waals surface area contributed by atoms with E-state index in [0.29, 0.717) is 6.42 Å². The van der Waals surface area contributed by atoms with E-state index >= 15 is 0 Å². The Hall–Kier alpha value is -2.14. The molecule has 22 heavy (non-hydrogen) atoms. The minimum atomic E-state index is -4.66. The van der Waals surface area contributed by atoms with Gasteiger partial charge in [-0.3, -0.25) is 9.36 Å². The SMILES string of the molecule is O=C(CCc1cccc(O)c1)c1ccc(O)cc1P(=O)(O)O. The number of phenols is 2. The number of carbonyl (C=O) groups is 1. The van der Waals surface area contributed by atoms with Crippen molar-refractivity contribution in [3.05, 3.63) is 53.6 Å². The molecule has 0 aliphatic carbocycles. The third-order valence-electron chi connectivity index (χ3n) is 3.15. The van der Waals surface area contributed by atoms with Gasteiger partial charge in [0.25, 0.3) is 0 Å². The van der Waals surface area contributed by atoms with Crippen LogP contribution in [0.15, 0.2) is 42.5 Å². The van der Waals surface area contributed by atoms with Crippen molar-refractivity contribution in [3.8, 4) is 11.5 Å². The van der Waals surface area contributed by atoms with Crippen LogP contribution in [-0.2, 0) is 11.0 Å². The van der Waals surface area contributed by atoms with Crippen LogP contribution in [0.1, 0.15) is 22.3 Å². The summed E-state index contributed by atoms with van der Waals surface area (Å²) in [6.07, 6.45) is 0.357. The molecule has 0 spiro atoms. The third-order valence-corrected chi connectivity index (χ3v) is 4.14. The first-order chi connectivity index (χ1) is 10.3. The van der Waals surface area contributed by atoms with E-state index in [9.17, 15) is 29.4 Å². The normalized spacial score (nSPS) is 11.4. The number of aryl methyl sites for hydroxylation is 1. The Balaban J connectivity index is 2.21. The van der Waals surface area contributed by atoms with Gasteiger partial charge in [0.05, 0.1) is 5.30 Å². The largest absolute Gasteiger partial charge is 0.508 e. The summed E-state index contributed by atoms with van der Waals surface area (Å²) in [4.78, 5) is 30.8. The maximum absolute atomic E-state index is 12.2. The molecule has 0 saturated carbocycles. The number of hydrogen-bond donors (Lipinski definition) is 4. The van der Waals surface area contributed by atoms with Gasteiger partial charge < -0.3 is 20.0 Å². The highest BCUT2D eigenvalue weighted by Crippen LogP contribution is 2.36. The maximum atomic E-state index is 12.2. The first-order valence-corrected chi connectivity index (χ1v) is 8.09. The highest BCUT2D eigenvalue weighted by Gasteiger charge is 2.25. The van der Waals surface area contributed by atoms with Crippen molar-refractivity contribution in [1.29, 1.82) is 0 Å². The van der Waals surface area contributed by atoms with Crippen LogP contribution in [0.4, 0.5) is 0 Å². The fraction of sp³-hybridized carbons (Fsp3) is 0.133. The zero-order chi connectivity index (χ0) is 16.3. The highest BCUT2D eigenvalue weighted by atomic mass is 31.2. The Morgan fingerprint density at radius 3 is 2.32 bits per heavy atom. The summed E-state index contributed by atoms with van der Waals surface area (Å²) < 4.78 is 11.4. The lowest BCUT2D eigenvalue weighted by Gasteiger charge is -2.10. The molecule has 0 saturated heterocycles. The van der Waals surface area contributed by atoms with Gasteiger partial charge in [-0.05, 0) is 42.3 Å². The summed E-state index contributed by atoms with van der Waals surface area (Å²) in [5.41, 5.74) is 0.635. The molecule has 0 radical (unpaired) electrons. The van der Waals surface area contributed by atoms with Crippen LogP contribution >= 0.6 is 7.60 Å². The summed E-state index contributed by atoms with van der Waals surface area (Å²) in [6.45, 7) is 0. The molecule has 0 aliphatic rings. The average Bonchev–Trinajstić information content (AvgIpc) is 2.44. The van der Waals surface area contributed by atoms with E-state index in [2.05, 4.69) is 0 Å². The standard InChI is InChI=1S/C15H15O6P/c16-11-3-1-2-10(8-11)4-7-14(18)13-6-5-12(17)9-15(13)22(19,20)21/h1-3,5-6,8-9,16-17H,4,7H2,(H2,19,20,21). The average molecular weight is 322 g/mol. The zero-order valence-corrected chi connectivity index (χ0v) is 12.4. The monoisotopic (exact) mass is 322 g/mol. The molecule has 0 amide bonds. The van der Waals surface area contributed by atoms with Crippen molar-refractivity contribution in [2.75, 3.05) is 0 Å².